The Morgan fingerprint density at radius 2 is 0.521 bits per heavy atom. The quantitative estimate of drug-likeness (QED) is 0.0485. The minimum Gasteiger partial charge on any atom is -0.205 e. The van der Waals surface area contributed by atoms with Gasteiger partial charge in [0.2, 0.25) is 0 Å². The Morgan fingerprint density at radius 3 is 0.792 bits per heavy atom. The molecule has 0 unspecified atom stereocenters. The fourth-order valence-corrected chi connectivity index (χ4v) is 7.65. The highest BCUT2D eigenvalue weighted by Crippen LogP contribution is 2.17. The van der Waals surface area contributed by atoms with Gasteiger partial charge in [-0.25, -0.2) is 4.57 Å². The molecule has 0 bridgehead atoms. The van der Waals surface area contributed by atoms with Gasteiger partial charge in [-0.15, -0.1) is 0 Å². The highest BCUT2D eigenvalue weighted by atomic mass is 14.9. The van der Waals surface area contributed by atoms with Gasteiger partial charge in [-0.1, -0.05) is 226 Å². The van der Waals surface area contributed by atoms with Crippen LogP contribution < -0.4 is 4.57 Å². The molecule has 0 aliphatic rings. The maximum Gasteiger partial charge on any atom is 0.171 e. The Balaban J connectivity index is 2.14. The van der Waals surface area contributed by atoms with E-state index in [2.05, 4.69) is 43.8 Å². The first-order valence-electron chi connectivity index (χ1n) is 22.8. The van der Waals surface area contributed by atoms with Gasteiger partial charge in [0.1, 0.15) is 6.54 Å². The summed E-state index contributed by atoms with van der Waals surface area (Å²) in [5.74, 6) is 0. The van der Waals surface area contributed by atoms with Gasteiger partial charge in [0.05, 0.1) is 0 Å². The summed E-state index contributed by atoms with van der Waals surface area (Å²) in [4.78, 5) is 0. The molecule has 0 amide bonds. The fourth-order valence-electron chi connectivity index (χ4n) is 7.65. The van der Waals surface area contributed by atoms with Gasteiger partial charge in [-0.05, 0) is 38.2 Å². The van der Waals surface area contributed by atoms with Gasteiger partial charge in [0.15, 0.2) is 12.4 Å². The monoisotopic (exact) mass is 669 g/mol. The fraction of sp³-hybridized carbons (Fsp3) is 0.894. The van der Waals surface area contributed by atoms with Crippen LogP contribution >= 0.6 is 0 Å². The minimum atomic E-state index is 1.21. The highest BCUT2D eigenvalue weighted by Gasteiger charge is 2.09. The SMILES string of the molecule is CCCCCCCCCCCCCCCCCCc1cc(CCCCCCCCCCCCCCCCCC)c[n+](CCCCCC)c1. The molecular weight excluding hydrogens is 579 g/mol. The third kappa shape index (κ3) is 31.2. The number of unbranched alkanes of at least 4 members (excludes halogenated alkanes) is 33. The first kappa shape index (κ1) is 45.2. The first-order valence-corrected chi connectivity index (χ1v) is 22.8. The molecule has 0 aliphatic carbocycles. The standard InChI is InChI=1S/C47H90N/c1-4-7-10-13-15-17-19-21-23-25-27-29-31-33-35-37-40-46-43-47(45-48(44-46)42-39-12-9-6-3)41-38-36-34-32-30-28-26-24-22-20-18-16-14-11-8-5-2/h43-45H,4-42H2,1-3H3/q+1. The van der Waals surface area contributed by atoms with Gasteiger partial charge in [-0.2, -0.15) is 0 Å². The van der Waals surface area contributed by atoms with Crippen molar-refractivity contribution in [1.82, 2.24) is 0 Å². The maximum absolute atomic E-state index is 2.57. The second kappa shape index (κ2) is 37.4. The summed E-state index contributed by atoms with van der Waals surface area (Å²) in [6.07, 6.45) is 59.4. The van der Waals surface area contributed by atoms with Crippen molar-refractivity contribution in [2.45, 2.75) is 271 Å². The highest BCUT2D eigenvalue weighted by molar-refractivity contribution is 5.15. The average Bonchev–Trinajstić information content (AvgIpc) is 3.09. The van der Waals surface area contributed by atoms with Gasteiger partial charge < -0.3 is 0 Å². The molecule has 282 valence electrons. The van der Waals surface area contributed by atoms with E-state index in [1.807, 2.05) is 0 Å². The van der Waals surface area contributed by atoms with E-state index in [1.54, 1.807) is 11.1 Å². The van der Waals surface area contributed by atoms with Gasteiger partial charge in [-0.3, -0.25) is 0 Å². The first-order chi connectivity index (χ1) is 23.8. The molecule has 0 fully saturated rings. The predicted molar refractivity (Wildman–Crippen MR) is 217 cm³/mol. The summed E-state index contributed by atoms with van der Waals surface area (Å²) in [5.41, 5.74) is 3.20. The average molecular weight is 669 g/mol. The Bertz CT molecular complexity index is 699. The maximum atomic E-state index is 2.57. The van der Waals surface area contributed by atoms with Crippen molar-refractivity contribution in [2.24, 2.45) is 0 Å². The molecule has 1 aromatic rings. The number of hydrogen-bond acceptors (Lipinski definition) is 0. The lowest BCUT2D eigenvalue weighted by Crippen LogP contribution is -2.34. The summed E-state index contributed by atoms with van der Waals surface area (Å²) < 4.78 is 2.55. The van der Waals surface area contributed by atoms with Crippen LogP contribution in [0.3, 0.4) is 0 Å². The molecule has 1 heteroatoms. The second-order valence-electron chi connectivity index (χ2n) is 16.0. The van der Waals surface area contributed by atoms with Crippen molar-refractivity contribution in [3.63, 3.8) is 0 Å². The van der Waals surface area contributed by atoms with Crippen molar-refractivity contribution in [3.8, 4) is 0 Å². The molecule has 0 radical (unpaired) electrons. The van der Waals surface area contributed by atoms with Crippen LogP contribution in [0.25, 0.3) is 0 Å². The molecule has 0 N–H and O–H groups in total. The zero-order valence-electron chi connectivity index (χ0n) is 33.8. The Labute approximate surface area is 304 Å². The number of aryl methyl sites for hydroxylation is 3. The summed E-state index contributed by atoms with van der Waals surface area (Å²) in [6.45, 7) is 8.15. The smallest absolute Gasteiger partial charge is 0.171 e. The van der Waals surface area contributed by atoms with Gasteiger partial charge >= 0.3 is 0 Å². The summed E-state index contributed by atoms with van der Waals surface area (Å²) in [6, 6.07) is 2.57. The van der Waals surface area contributed by atoms with E-state index in [9.17, 15) is 0 Å². The Hall–Kier alpha value is -0.850. The normalized spacial score (nSPS) is 11.6. The molecular formula is C47H90N+. The largest absolute Gasteiger partial charge is 0.205 e. The molecule has 0 aliphatic heterocycles. The molecule has 0 spiro atoms. The van der Waals surface area contributed by atoms with Gasteiger partial charge in [0, 0.05) is 17.5 Å². The van der Waals surface area contributed by atoms with Crippen LogP contribution in [0, 0.1) is 0 Å². The molecule has 1 nitrogen and oxygen atoms in total. The van der Waals surface area contributed by atoms with E-state index in [0.717, 1.165) is 0 Å². The van der Waals surface area contributed by atoms with E-state index >= 15 is 0 Å². The van der Waals surface area contributed by atoms with Crippen molar-refractivity contribution in [2.75, 3.05) is 0 Å². The lowest BCUT2D eigenvalue weighted by Gasteiger charge is -2.07. The zero-order valence-corrected chi connectivity index (χ0v) is 33.8. The summed E-state index contributed by atoms with van der Waals surface area (Å²) >= 11 is 0. The van der Waals surface area contributed by atoms with E-state index in [0.29, 0.717) is 0 Å². The van der Waals surface area contributed by atoms with Crippen LogP contribution in [0.4, 0.5) is 0 Å². The summed E-state index contributed by atoms with van der Waals surface area (Å²) in [7, 11) is 0. The predicted octanol–water partition coefficient (Wildman–Crippen LogP) is 16.2. The molecule has 0 saturated heterocycles. The van der Waals surface area contributed by atoms with Crippen LogP contribution in [0.5, 0.6) is 0 Å². The van der Waals surface area contributed by atoms with Crippen LogP contribution in [0.2, 0.25) is 0 Å². The number of pyridine rings is 1. The third-order valence-electron chi connectivity index (χ3n) is 10.9. The molecule has 1 aromatic heterocycles. The Morgan fingerprint density at radius 1 is 0.292 bits per heavy atom. The lowest BCUT2D eigenvalue weighted by atomic mass is 10.0. The lowest BCUT2D eigenvalue weighted by molar-refractivity contribution is -0.698. The molecule has 0 saturated carbocycles. The van der Waals surface area contributed by atoms with E-state index in [1.165, 1.54) is 251 Å². The van der Waals surface area contributed by atoms with Crippen LogP contribution in [-0.2, 0) is 19.4 Å². The van der Waals surface area contributed by atoms with Crippen LogP contribution in [0.1, 0.15) is 263 Å². The van der Waals surface area contributed by atoms with Gasteiger partial charge in [0.25, 0.3) is 0 Å². The number of aromatic nitrogens is 1. The van der Waals surface area contributed by atoms with E-state index in [4.69, 9.17) is 0 Å². The third-order valence-corrected chi connectivity index (χ3v) is 10.9. The molecule has 1 heterocycles. The number of hydrogen-bond donors (Lipinski definition) is 0. The minimum absolute atomic E-state index is 1.21. The molecule has 0 aromatic carbocycles. The van der Waals surface area contributed by atoms with E-state index < -0.39 is 0 Å². The van der Waals surface area contributed by atoms with Crippen LogP contribution in [-0.4, -0.2) is 0 Å². The van der Waals surface area contributed by atoms with Crippen molar-refractivity contribution < 1.29 is 4.57 Å². The molecule has 1 rings (SSSR count). The molecule has 48 heavy (non-hydrogen) atoms. The molecule has 0 atom stereocenters. The zero-order chi connectivity index (χ0) is 34.4. The topological polar surface area (TPSA) is 3.88 Å². The summed E-state index contributed by atoms with van der Waals surface area (Å²) in [5, 5.41) is 0. The van der Waals surface area contributed by atoms with Crippen LogP contribution in [0.15, 0.2) is 18.5 Å². The van der Waals surface area contributed by atoms with E-state index in [-0.39, 0.29) is 0 Å². The number of rotatable bonds is 39. The Kier molecular flexibility index (Phi) is 35.2. The van der Waals surface area contributed by atoms with Crippen molar-refractivity contribution in [3.05, 3.63) is 29.6 Å². The second-order valence-corrected chi connectivity index (χ2v) is 16.0. The van der Waals surface area contributed by atoms with Crippen molar-refractivity contribution in [1.29, 1.82) is 0 Å². The van der Waals surface area contributed by atoms with Crippen molar-refractivity contribution >= 4 is 0 Å². The number of nitrogens with zero attached hydrogens (tertiary/aromatic N) is 1.